The molecule has 2 heteroatoms. The summed E-state index contributed by atoms with van der Waals surface area (Å²) in [6.07, 6.45) is 0.495. The van der Waals surface area contributed by atoms with Gasteiger partial charge in [-0.05, 0) is 16.7 Å². The highest BCUT2D eigenvalue weighted by molar-refractivity contribution is 5.50. The lowest BCUT2D eigenvalue weighted by molar-refractivity contribution is 0.255. The molecule has 18 heavy (non-hydrogen) atoms. The lowest BCUT2D eigenvalue weighted by Gasteiger charge is -2.12. The molecule has 3 rings (SSSR count). The number of rotatable bonds is 3. The molecule has 2 atom stereocenters. The minimum atomic E-state index is -1.27. The quantitative estimate of drug-likeness (QED) is 0.741. The van der Waals surface area contributed by atoms with E-state index in [1.54, 1.807) is 6.08 Å². The van der Waals surface area contributed by atoms with Gasteiger partial charge >= 0.3 is 0 Å². The van der Waals surface area contributed by atoms with Crippen LogP contribution < -0.4 is 0 Å². The van der Waals surface area contributed by atoms with Crippen molar-refractivity contribution in [3.63, 3.8) is 0 Å². The normalized spacial score (nSPS) is 25.7. The molecule has 0 radical (unpaired) electrons. The van der Waals surface area contributed by atoms with Crippen molar-refractivity contribution in [1.82, 2.24) is 0 Å². The predicted molar refractivity (Wildman–Crippen MR) is 69.7 cm³/mol. The maximum absolute atomic E-state index is 13.7. The Hall–Kier alpha value is -1.93. The van der Waals surface area contributed by atoms with Crippen LogP contribution in [0.15, 0.2) is 61.2 Å². The molecule has 0 saturated carbocycles. The third-order valence-electron chi connectivity index (χ3n) is 3.33. The first-order valence-corrected chi connectivity index (χ1v) is 5.88. The molecule has 1 nitrogen and oxygen atoms in total. The zero-order chi connectivity index (χ0) is 12.6. The maximum atomic E-state index is 13.7. The zero-order valence-electron chi connectivity index (χ0n) is 9.84. The molecule has 90 valence electrons. The molecule has 1 aliphatic rings. The van der Waals surface area contributed by atoms with Gasteiger partial charge in [0.1, 0.15) is 0 Å². The molecule has 0 N–H and O–H groups in total. The van der Waals surface area contributed by atoms with Gasteiger partial charge in [0.05, 0.1) is 0 Å². The van der Waals surface area contributed by atoms with E-state index in [4.69, 9.17) is 4.74 Å². The van der Waals surface area contributed by atoms with Gasteiger partial charge in [-0.1, -0.05) is 67.3 Å². The fourth-order valence-corrected chi connectivity index (χ4v) is 2.25. The lowest BCUT2D eigenvalue weighted by atomic mass is 9.91. The van der Waals surface area contributed by atoms with E-state index in [0.717, 1.165) is 16.7 Å². The smallest absolute Gasteiger partial charge is 0.238 e. The van der Waals surface area contributed by atoms with Crippen LogP contribution >= 0.6 is 0 Å². The standard InChI is InChI=1S/C16H13FO/c1-2-12-8-10-14(11-9-12)16(15(17)18-16)13-6-4-3-5-7-13/h2-11,15H,1H2. The van der Waals surface area contributed by atoms with Crippen LogP contribution in [0.25, 0.3) is 6.08 Å². The summed E-state index contributed by atoms with van der Waals surface area (Å²) < 4.78 is 19.0. The number of hydrogen-bond acceptors (Lipinski definition) is 1. The minimum absolute atomic E-state index is 0.840. The molecule has 1 aliphatic heterocycles. The van der Waals surface area contributed by atoms with Gasteiger partial charge in [0.15, 0.2) is 5.60 Å². The second-order valence-corrected chi connectivity index (χ2v) is 4.36. The van der Waals surface area contributed by atoms with Gasteiger partial charge in [-0.25, -0.2) is 4.39 Å². The predicted octanol–water partition coefficient (Wildman–Crippen LogP) is 3.90. The summed E-state index contributed by atoms with van der Waals surface area (Å²) in [6, 6.07) is 17.1. The number of ether oxygens (including phenoxy) is 1. The van der Waals surface area contributed by atoms with Crippen molar-refractivity contribution in [3.8, 4) is 0 Å². The van der Waals surface area contributed by atoms with Crippen molar-refractivity contribution >= 4 is 6.08 Å². The molecule has 0 aromatic heterocycles. The third kappa shape index (κ3) is 1.57. The maximum Gasteiger partial charge on any atom is 0.238 e. The highest BCUT2D eigenvalue weighted by Crippen LogP contribution is 2.52. The number of epoxide rings is 1. The Kier molecular flexibility index (Phi) is 2.53. The summed E-state index contributed by atoms with van der Waals surface area (Å²) >= 11 is 0. The molecular formula is C16H13FO. The summed E-state index contributed by atoms with van der Waals surface area (Å²) in [5, 5.41) is 0. The molecule has 0 spiro atoms. The number of hydrogen-bond donors (Lipinski definition) is 0. The topological polar surface area (TPSA) is 12.5 Å². The van der Waals surface area contributed by atoms with Gasteiger partial charge in [-0.2, -0.15) is 0 Å². The largest absolute Gasteiger partial charge is 0.323 e. The van der Waals surface area contributed by atoms with Crippen LogP contribution in [0.4, 0.5) is 4.39 Å². The van der Waals surface area contributed by atoms with Crippen LogP contribution in [-0.4, -0.2) is 6.36 Å². The van der Waals surface area contributed by atoms with Gasteiger partial charge in [0, 0.05) is 0 Å². The molecule has 2 unspecified atom stereocenters. The van der Waals surface area contributed by atoms with Crippen LogP contribution in [0.2, 0.25) is 0 Å². The Bertz CT molecular complexity index is 561. The van der Waals surface area contributed by atoms with E-state index >= 15 is 0 Å². The van der Waals surface area contributed by atoms with Crippen LogP contribution in [0.3, 0.4) is 0 Å². The second kappa shape index (κ2) is 4.07. The van der Waals surface area contributed by atoms with Crippen molar-refractivity contribution < 1.29 is 9.13 Å². The summed E-state index contributed by atoms with van der Waals surface area (Å²) in [7, 11) is 0. The van der Waals surface area contributed by atoms with E-state index in [1.807, 2.05) is 54.6 Å². The van der Waals surface area contributed by atoms with Crippen molar-refractivity contribution in [2.75, 3.05) is 0 Å². The van der Waals surface area contributed by atoms with Gasteiger partial charge in [-0.3, -0.25) is 0 Å². The Balaban J connectivity index is 2.05. The fourth-order valence-electron chi connectivity index (χ4n) is 2.25. The van der Waals surface area contributed by atoms with E-state index in [0.29, 0.717) is 0 Å². The van der Waals surface area contributed by atoms with Crippen LogP contribution in [0, 0.1) is 0 Å². The van der Waals surface area contributed by atoms with E-state index in [-0.39, 0.29) is 0 Å². The molecular weight excluding hydrogens is 227 g/mol. The van der Waals surface area contributed by atoms with Crippen molar-refractivity contribution in [2.24, 2.45) is 0 Å². The van der Waals surface area contributed by atoms with Crippen LogP contribution in [0.1, 0.15) is 16.7 Å². The Morgan fingerprint density at radius 1 is 1.00 bits per heavy atom. The second-order valence-electron chi connectivity index (χ2n) is 4.36. The number of alkyl halides is 1. The van der Waals surface area contributed by atoms with Gasteiger partial charge in [0.25, 0.3) is 0 Å². The molecule has 0 bridgehead atoms. The average Bonchev–Trinajstić information content (AvgIpc) is 3.13. The third-order valence-corrected chi connectivity index (χ3v) is 3.33. The first-order chi connectivity index (χ1) is 8.77. The molecule has 1 fully saturated rings. The fraction of sp³-hybridized carbons (Fsp3) is 0.125. The average molecular weight is 240 g/mol. The monoisotopic (exact) mass is 240 g/mol. The van der Waals surface area contributed by atoms with Crippen LogP contribution in [0.5, 0.6) is 0 Å². The summed E-state index contributed by atoms with van der Waals surface area (Å²) in [5.41, 5.74) is 1.79. The zero-order valence-corrected chi connectivity index (χ0v) is 9.84. The lowest BCUT2D eigenvalue weighted by Crippen LogP contribution is -2.13. The molecule has 2 aromatic carbocycles. The Morgan fingerprint density at radius 3 is 2.06 bits per heavy atom. The molecule has 1 saturated heterocycles. The summed E-state index contributed by atoms with van der Waals surface area (Å²) in [5.74, 6) is 0. The Morgan fingerprint density at radius 2 is 1.56 bits per heavy atom. The van der Waals surface area contributed by atoms with Crippen molar-refractivity contribution in [3.05, 3.63) is 77.9 Å². The number of benzene rings is 2. The van der Waals surface area contributed by atoms with Gasteiger partial charge in [-0.15, -0.1) is 0 Å². The molecule has 0 aliphatic carbocycles. The van der Waals surface area contributed by atoms with E-state index in [9.17, 15) is 4.39 Å². The molecule has 2 aromatic rings. The van der Waals surface area contributed by atoms with E-state index < -0.39 is 12.0 Å². The Labute approximate surface area is 106 Å². The van der Waals surface area contributed by atoms with E-state index in [2.05, 4.69) is 6.58 Å². The first kappa shape index (κ1) is 11.2. The molecule has 1 heterocycles. The van der Waals surface area contributed by atoms with E-state index in [1.165, 1.54) is 0 Å². The van der Waals surface area contributed by atoms with Gasteiger partial charge in [0.2, 0.25) is 6.36 Å². The minimum Gasteiger partial charge on any atom is -0.323 e. The van der Waals surface area contributed by atoms with Gasteiger partial charge < -0.3 is 4.74 Å². The summed E-state index contributed by atoms with van der Waals surface area (Å²) in [6.45, 7) is 3.71. The van der Waals surface area contributed by atoms with Crippen molar-refractivity contribution in [1.29, 1.82) is 0 Å². The highest BCUT2D eigenvalue weighted by Gasteiger charge is 2.60. The summed E-state index contributed by atoms with van der Waals surface area (Å²) in [4.78, 5) is 0. The number of halogens is 1. The SMILES string of the molecule is C=Cc1ccc(C2(c3ccccc3)OC2F)cc1. The van der Waals surface area contributed by atoms with Crippen LogP contribution in [-0.2, 0) is 10.3 Å². The highest BCUT2D eigenvalue weighted by atomic mass is 19.2. The first-order valence-electron chi connectivity index (χ1n) is 5.88. The molecule has 0 amide bonds. The van der Waals surface area contributed by atoms with Crippen molar-refractivity contribution in [2.45, 2.75) is 12.0 Å².